The molecule has 0 fully saturated rings. The predicted octanol–water partition coefficient (Wildman–Crippen LogP) is 3.32. The second-order valence-electron chi connectivity index (χ2n) is 5.24. The Morgan fingerprint density at radius 2 is 1.87 bits per heavy atom. The molecule has 2 aromatic carbocycles. The second-order valence-corrected chi connectivity index (χ2v) is 5.68. The third-order valence-corrected chi connectivity index (χ3v) is 4.08. The van der Waals surface area contributed by atoms with Gasteiger partial charge in [0.1, 0.15) is 11.5 Å². The maximum absolute atomic E-state index is 6.13. The van der Waals surface area contributed by atoms with E-state index in [1.54, 1.807) is 14.2 Å². The third-order valence-electron chi connectivity index (χ3n) is 3.85. The Morgan fingerprint density at radius 3 is 2.52 bits per heavy atom. The Morgan fingerprint density at radius 1 is 1.17 bits per heavy atom. The van der Waals surface area contributed by atoms with Crippen molar-refractivity contribution in [3.8, 4) is 11.5 Å². The molecule has 0 aliphatic carbocycles. The van der Waals surface area contributed by atoms with E-state index in [4.69, 9.17) is 26.8 Å². The van der Waals surface area contributed by atoms with Crippen molar-refractivity contribution in [1.29, 1.82) is 0 Å². The largest absolute Gasteiger partial charge is 0.496 e. The van der Waals surface area contributed by atoms with Gasteiger partial charge in [0.25, 0.3) is 0 Å². The molecule has 3 rings (SSSR count). The fourth-order valence-electron chi connectivity index (χ4n) is 2.67. The first-order valence-corrected chi connectivity index (χ1v) is 7.57. The third kappa shape index (κ3) is 3.05. The van der Waals surface area contributed by atoms with Crippen LogP contribution in [-0.4, -0.2) is 25.1 Å². The number of nitrogens with two attached hydrogens (primary N) is 1. The molecular formula is C17H18ClN3O2. The molecule has 1 heterocycles. The van der Waals surface area contributed by atoms with E-state index in [2.05, 4.69) is 4.99 Å². The number of hydrogen-bond donors (Lipinski definition) is 1. The molecule has 2 aromatic rings. The van der Waals surface area contributed by atoms with Gasteiger partial charge < -0.3 is 20.1 Å². The normalized spacial score (nSPS) is 13.3. The van der Waals surface area contributed by atoms with Crippen molar-refractivity contribution in [2.75, 3.05) is 14.2 Å². The highest BCUT2D eigenvalue weighted by Gasteiger charge is 2.21. The Labute approximate surface area is 140 Å². The van der Waals surface area contributed by atoms with Gasteiger partial charge in [-0.2, -0.15) is 0 Å². The summed E-state index contributed by atoms with van der Waals surface area (Å²) in [7, 11) is 3.28. The molecule has 6 heteroatoms. The standard InChI is InChI=1S/C17H18ClN3O2/c1-22-15-4-3-5-16(23-2)13(15)10-21-9-11-6-7-12(18)8-14(11)20-17(21)19/h3-8H,9-10H2,1-2H3,(H2,19,20). The van der Waals surface area contributed by atoms with Crippen molar-refractivity contribution in [2.45, 2.75) is 13.1 Å². The van der Waals surface area contributed by atoms with Crippen molar-refractivity contribution >= 4 is 23.2 Å². The fraction of sp³-hybridized carbons (Fsp3) is 0.235. The van der Waals surface area contributed by atoms with Crippen molar-refractivity contribution in [2.24, 2.45) is 10.7 Å². The number of nitrogens with zero attached hydrogens (tertiary/aromatic N) is 2. The maximum Gasteiger partial charge on any atom is 0.197 e. The highest BCUT2D eigenvalue weighted by Crippen LogP contribution is 2.33. The van der Waals surface area contributed by atoms with Crippen LogP contribution in [-0.2, 0) is 13.1 Å². The van der Waals surface area contributed by atoms with E-state index in [0.29, 0.717) is 24.1 Å². The van der Waals surface area contributed by atoms with Crippen LogP contribution < -0.4 is 15.2 Å². The van der Waals surface area contributed by atoms with Crippen LogP contribution in [0, 0.1) is 0 Å². The summed E-state index contributed by atoms with van der Waals surface area (Å²) in [4.78, 5) is 6.43. The minimum atomic E-state index is 0.452. The molecule has 0 radical (unpaired) electrons. The van der Waals surface area contributed by atoms with Crippen LogP contribution in [0.15, 0.2) is 41.4 Å². The maximum atomic E-state index is 6.13. The molecule has 2 N–H and O–H groups in total. The van der Waals surface area contributed by atoms with Crippen molar-refractivity contribution in [3.05, 3.63) is 52.5 Å². The number of guanidine groups is 1. The van der Waals surface area contributed by atoms with Crippen LogP contribution in [0.2, 0.25) is 5.02 Å². The number of methoxy groups -OCH3 is 2. The van der Waals surface area contributed by atoms with E-state index in [9.17, 15) is 0 Å². The molecular weight excluding hydrogens is 314 g/mol. The Balaban J connectivity index is 1.92. The van der Waals surface area contributed by atoms with Crippen LogP contribution in [0.1, 0.15) is 11.1 Å². The Hall–Kier alpha value is -2.40. The quantitative estimate of drug-likeness (QED) is 0.933. The van der Waals surface area contributed by atoms with Gasteiger partial charge in [-0.25, -0.2) is 4.99 Å². The lowest BCUT2D eigenvalue weighted by atomic mass is 10.1. The molecule has 0 unspecified atom stereocenters. The van der Waals surface area contributed by atoms with E-state index >= 15 is 0 Å². The zero-order chi connectivity index (χ0) is 16.4. The van der Waals surface area contributed by atoms with Crippen molar-refractivity contribution in [3.63, 3.8) is 0 Å². The number of halogens is 1. The van der Waals surface area contributed by atoms with Gasteiger partial charge in [-0.3, -0.25) is 0 Å². The minimum Gasteiger partial charge on any atom is -0.496 e. The average Bonchev–Trinajstić information content (AvgIpc) is 2.55. The first-order valence-electron chi connectivity index (χ1n) is 7.19. The smallest absolute Gasteiger partial charge is 0.197 e. The number of ether oxygens (including phenoxy) is 2. The topological polar surface area (TPSA) is 60.1 Å². The number of rotatable bonds is 4. The van der Waals surface area contributed by atoms with Gasteiger partial charge in [0.2, 0.25) is 0 Å². The van der Waals surface area contributed by atoms with E-state index in [1.165, 1.54) is 0 Å². The summed E-state index contributed by atoms with van der Waals surface area (Å²) < 4.78 is 10.9. The van der Waals surface area contributed by atoms with Gasteiger partial charge in [-0.1, -0.05) is 23.7 Å². The molecule has 0 atom stereocenters. The summed E-state index contributed by atoms with van der Waals surface area (Å²) in [5.41, 5.74) is 8.96. The van der Waals surface area contributed by atoms with Gasteiger partial charge in [0.05, 0.1) is 32.0 Å². The highest BCUT2D eigenvalue weighted by molar-refractivity contribution is 6.30. The Kier molecular flexibility index (Phi) is 4.30. The molecule has 0 bridgehead atoms. The molecule has 0 aromatic heterocycles. The van der Waals surface area contributed by atoms with Crippen LogP contribution >= 0.6 is 11.6 Å². The average molecular weight is 332 g/mol. The van der Waals surface area contributed by atoms with Crippen molar-refractivity contribution < 1.29 is 9.47 Å². The number of aliphatic imine (C=N–C) groups is 1. The molecule has 23 heavy (non-hydrogen) atoms. The molecule has 0 amide bonds. The number of fused-ring (bicyclic) bond motifs is 1. The summed E-state index contributed by atoms with van der Waals surface area (Å²) >= 11 is 6.01. The van der Waals surface area contributed by atoms with E-state index < -0.39 is 0 Å². The molecule has 5 nitrogen and oxygen atoms in total. The van der Waals surface area contributed by atoms with Crippen LogP contribution in [0.4, 0.5) is 5.69 Å². The van der Waals surface area contributed by atoms with Gasteiger partial charge in [0, 0.05) is 11.6 Å². The Bertz CT molecular complexity index is 739. The minimum absolute atomic E-state index is 0.452. The first kappa shape index (κ1) is 15.5. The molecule has 1 aliphatic heterocycles. The molecule has 0 saturated carbocycles. The zero-order valence-electron chi connectivity index (χ0n) is 13.0. The van der Waals surface area contributed by atoms with Gasteiger partial charge in [0.15, 0.2) is 5.96 Å². The lowest BCUT2D eigenvalue weighted by Gasteiger charge is -2.29. The number of benzene rings is 2. The van der Waals surface area contributed by atoms with Crippen LogP contribution in [0.5, 0.6) is 11.5 Å². The summed E-state index contributed by atoms with van der Waals surface area (Å²) in [5.74, 6) is 1.98. The molecule has 0 spiro atoms. The van der Waals surface area contributed by atoms with Crippen molar-refractivity contribution in [1.82, 2.24) is 4.90 Å². The molecule has 1 aliphatic rings. The summed E-state index contributed by atoms with van der Waals surface area (Å²) in [6.07, 6.45) is 0. The fourth-order valence-corrected chi connectivity index (χ4v) is 2.83. The zero-order valence-corrected chi connectivity index (χ0v) is 13.8. The lowest BCUT2D eigenvalue weighted by molar-refractivity contribution is 0.348. The lowest BCUT2D eigenvalue weighted by Crippen LogP contribution is -2.38. The van der Waals surface area contributed by atoms with Gasteiger partial charge >= 0.3 is 0 Å². The summed E-state index contributed by atoms with van der Waals surface area (Å²) in [5, 5.41) is 0.653. The van der Waals surface area contributed by atoms with Crippen LogP contribution in [0.3, 0.4) is 0 Å². The molecule has 0 saturated heterocycles. The van der Waals surface area contributed by atoms with E-state index in [-0.39, 0.29) is 0 Å². The van der Waals surface area contributed by atoms with E-state index in [1.807, 2.05) is 41.3 Å². The monoisotopic (exact) mass is 331 g/mol. The van der Waals surface area contributed by atoms with Gasteiger partial charge in [-0.05, 0) is 29.8 Å². The summed E-state index contributed by atoms with van der Waals surface area (Å²) in [6.45, 7) is 1.20. The summed E-state index contributed by atoms with van der Waals surface area (Å²) in [6, 6.07) is 11.4. The van der Waals surface area contributed by atoms with Gasteiger partial charge in [-0.15, -0.1) is 0 Å². The van der Waals surface area contributed by atoms with Crippen LogP contribution in [0.25, 0.3) is 0 Å². The number of hydrogen-bond acceptors (Lipinski definition) is 5. The first-order chi connectivity index (χ1) is 11.1. The predicted molar refractivity (Wildman–Crippen MR) is 91.5 cm³/mol. The SMILES string of the molecule is COc1cccc(OC)c1CN1Cc2ccc(Cl)cc2N=C1N. The molecule has 120 valence electrons. The second kappa shape index (κ2) is 6.38. The van der Waals surface area contributed by atoms with E-state index in [0.717, 1.165) is 28.3 Å². The highest BCUT2D eigenvalue weighted by atomic mass is 35.5.